The molecule has 1 heterocycles. The fraction of sp³-hybridized carbons (Fsp3) is 0.611. The molecule has 1 saturated heterocycles. The number of benzene rings is 1. The molecule has 0 aliphatic carbocycles. The van der Waals surface area contributed by atoms with Crippen LogP contribution in [0.3, 0.4) is 0 Å². The van der Waals surface area contributed by atoms with E-state index in [1.54, 1.807) is 19.2 Å². The maximum absolute atomic E-state index is 13.0. The first-order valence-corrected chi connectivity index (χ1v) is 10.6. The van der Waals surface area contributed by atoms with Gasteiger partial charge in [-0.05, 0) is 31.5 Å². The molecule has 2 rings (SSSR count). The Morgan fingerprint density at radius 2 is 1.89 bits per heavy atom. The van der Waals surface area contributed by atoms with Crippen molar-refractivity contribution in [2.75, 3.05) is 39.5 Å². The van der Waals surface area contributed by atoms with Gasteiger partial charge in [-0.1, -0.05) is 12.1 Å². The number of guanidine groups is 1. The normalized spacial score (nSPS) is 21.9. The Kier molecular flexibility index (Phi) is 7.58. The number of ether oxygens (including phenoxy) is 1. The zero-order valence-electron chi connectivity index (χ0n) is 16.4. The van der Waals surface area contributed by atoms with Gasteiger partial charge in [0.05, 0.1) is 18.0 Å². The first-order chi connectivity index (χ1) is 12.7. The quantitative estimate of drug-likeness (QED) is 0.575. The van der Waals surface area contributed by atoms with Crippen LogP contribution in [0.5, 0.6) is 0 Å². The molecule has 0 saturated carbocycles. The molecular weight excluding hydrogens is 371 g/mol. The zero-order chi connectivity index (χ0) is 20.0. The summed E-state index contributed by atoms with van der Waals surface area (Å²) in [6.07, 6.45) is -0.211. The third-order valence-corrected chi connectivity index (χ3v) is 6.13. The summed E-state index contributed by atoms with van der Waals surface area (Å²) < 4.78 is 45.3. The second-order valence-electron chi connectivity index (χ2n) is 6.85. The van der Waals surface area contributed by atoms with Crippen molar-refractivity contribution in [2.45, 2.75) is 32.6 Å². The molecule has 152 valence electrons. The van der Waals surface area contributed by atoms with Crippen LogP contribution in [0.4, 0.5) is 4.39 Å². The molecule has 9 heteroatoms. The lowest BCUT2D eigenvalue weighted by atomic mass is 10.2. The summed E-state index contributed by atoms with van der Waals surface area (Å²) >= 11 is 0. The van der Waals surface area contributed by atoms with Gasteiger partial charge in [-0.25, -0.2) is 12.8 Å². The maximum Gasteiger partial charge on any atom is 0.216 e. The van der Waals surface area contributed by atoms with Gasteiger partial charge in [-0.3, -0.25) is 4.99 Å². The smallest absolute Gasteiger partial charge is 0.216 e. The number of morpholine rings is 1. The second-order valence-corrected chi connectivity index (χ2v) is 8.94. The van der Waals surface area contributed by atoms with Gasteiger partial charge in [0.2, 0.25) is 10.0 Å². The van der Waals surface area contributed by atoms with E-state index in [0.717, 1.165) is 5.56 Å². The Balaban J connectivity index is 1.87. The lowest BCUT2D eigenvalue weighted by Crippen LogP contribution is -2.50. The minimum Gasteiger partial charge on any atom is -0.373 e. The van der Waals surface area contributed by atoms with Crippen LogP contribution in [-0.4, -0.2) is 75.3 Å². The number of aliphatic imine (C=N–C) groups is 1. The molecule has 0 bridgehead atoms. The molecule has 0 aromatic heterocycles. The van der Waals surface area contributed by atoms with Gasteiger partial charge in [-0.2, -0.15) is 4.31 Å². The minimum absolute atomic E-state index is 0.0180. The Labute approximate surface area is 161 Å². The van der Waals surface area contributed by atoms with Crippen molar-refractivity contribution < 1.29 is 17.5 Å². The van der Waals surface area contributed by atoms with Gasteiger partial charge in [0, 0.05) is 40.3 Å². The third-order valence-electron chi connectivity index (χ3n) is 4.33. The van der Waals surface area contributed by atoms with Gasteiger partial charge < -0.3 is 15.0 Å². The monoisotopic (exact) mass is 400 g/mol. The van der Waals surface area contributed by atoms with Crippen molar-refractivity contribution in [2.24, 2.45) is 4.99 Å². The highest BCUT2D eigenvalue weighted by atomic mass is 32.2. The van der Waals surface area contributed by atoms with E-state index in [1.807, 2.05) is 25.8 Å². The predicted octanol–water partition coefficient (Wildman–Crippen LogP) is 1.27. The molecule has 2 unspecified atom stereocenters. The minimum atomic E-state index is -3.37. The van der Waals surface area contributed by atoms with Crippen molar-refractivity contribution in [1.82, 2.24) is 14.5 Å². The van der Waals surface area contributed by atoms with E-state index in [2.05, 4.69) is 10.3 Å². The molecule has 1 fully saturated rings. The predicted molar refractivity (Wildman–Crippen MR) is 105 cm³/mol. The van der Waals surface area contributed by atoms with Crippen LogP contribution >= 0.6 is 0 Å². The SMILES string of the molecule is CN=C(NCCS(=O)(=O)N1CC(C)OC(C)C1)N(C)Cc1ccc(F)cc1. The molecule has 0 radical (unpaired) electrons. The summed E-state index contributed by atoms with van der Waals surface area (Å²) in [4.78, 5) is 6.05. The van der Waals surface area contributed by atoms with Crippen LogP contribution in [0, 0.1) is 5.82 Å². The van der Waals surface area contributed by atoms with Crippen LogP contribution in [0.15, 0.2) is 29.3 Å². The summed E-state index contributed by atoms with van der Waals surface area (Å²) in [5.41, 5.74) is 0.936. The Hall–Kier alpha value is -1.71. The summed E-state index contributed by atoms with van der Waals surface area (Å²) in [6.45, 7) is 5.30. The van der Waals surface area contributed by atoms with E-state index in [4.69, 9.17) is 4.74 Å². The molecule has 1 aromatic rings. The molecule has 1 aliphatic rings. The summed E-state index contributed by atoms with van der Waals surface area (Å²) in [6, 6.07) is 6.25. The lowest BCUT2D eigenvalue weighted by Gasteiger charge is -2.34. The van der Waals surface area contributed by atoms with Crippen LogP contribution in [-0.2, 0) is 21.3 Å². The highest BCUT2D eigenvalue weighted by Gasteiger charge is 2.30. The number of sulfonamides is 1. The fourth-order valence-electron chi connectivity index (χ4n) is 3.10. The largest absolute Gasteiger partial charge is 0.373 e. The first-order valence-electron chi connectivity index (χ1n) is 9.00. The van der Waals surface area contributed by atoms with Crippen molar-refractivity contribution >= 4 is 16.0 Å². The Bertz CT molecular complexity index is 729. The van der Waals surface area contributed by atoms with Gasteiger partial charge in [0.1, 0.15) is 5.82 Å². The van der Waals surface area contributed by atoms with Crippen LogP contribution in [0.2, 0.25) is 0 Å². The summed E-state index contributed by atoms with van der Waals surface area (Å²) in [5.74, 6) is 0.287. The van der Waals surface area contributed by atoms with Crippen LogP contribution in [0.25, 0.3) is 0 Å². The number of hydrogen-bond donors (Lipinski definition) is 1. The van der Waals surface area contributed by atoms with Crippen molar-refractivity contribution in [1.29, 1.82) is 0 Å². The van der Waals surface area contributed by atoms with E-state index in [9.17, 15) is 12.8 Å². The third kappa shape index (κ3) is 6.44. The van der Waals surface area contributed by atoms with E-state index in [-0.39, 0.29) is 30.3 Å². The number of nitrogens with zero attached hydrogens (tertiary/aromatic N) is 3. The van der Waals surface area contributed by atoms with Crippen molar-refractivity contribution in [3.05, 3.63) is 35.6 Å². The molecule has 27 heavy (non-hydrogen) atoms. The summed E-state index contributed by atoms with van der Waals surface area (Å²) in [5, 5.41) is 3.08. The molecule has 1 aliphatic heterocycles. The molecule has 7 nitrogen and oxygen atoms in total. The number of halogens is 1. The average Bonchev–Trinajstić information content (AvgIpc) is 2.59. The van der Waals surface area contributed by atoms with Gasteiger partial charge >= 0.3 is 0 Å². The molecular formula is C18H29FN4O3S. The molecule has 2 atom stereocenters. The van der Waals surface area contributed by atoms with Gasteiger partial charge in [0.15, 0.2) is 5.96 Å². The number of rotatable bonds is 6. The molecule has 0 amide bonds. The fourth-order valence-corrected chi connectivity index (χ4v) is 4.59. The standard InChI is InChI=1S/C18H29FN4O3S/c1-14-11-23(12-15(2)26-14)27(24,25)10-9-21-18(20-3)22(4)13-16-5-7-17(19)8-6-16/h5-8,14-15H,9-13H2,1-4H3,(H,20,21). The lowest BCUT2D eigenvalue weighted by molar-refractivity contribution is -0.0440. The first kappa shape index (κ1) is 21.6. The summed E-state index contributed by atoms with van der Waals surface area (Å²) in [7, 11) is 0.121. The van der Waals surface area contributed by atoms with Crippen LogP contribution in [0.1, 0.15) is 19.4 Å². The van der Waals surface area contributed by atoms with Gasteiger partial charge in [0.25, 0.3) is 0 Å². The molecule has 1 aromatic carbocycles. The van der Waals surface area contributed by atoms with Crippen molar-refractivity contribution in [3.63, 3.8) is 0 Å². The average molecular weight is 401 g/mol. The number of nitrogens with one attached hydrogen (secondary N) is 1. The Morgan fingerprint density at radius 3 is 2.44 bits per heavy atom. The highest BCUT2D eigenvalue weighted by molar-refractivity contribution is 7.89. The van der Waals surface area contributed by atoms with Gasteiger partial charge in [-0.15, -0.1) is 0 Å². The highest BCUT2D eigenvalue weighted by Crippen LogP contribution is 2.14. The van der Waals surface area contributed by atoms with Crippen LogP contribution < -0.4 is 5.32 Å². The topological polar surface area (TPSA) is 74.2 Å². The van der Waals surface area contributed by atoms with E-state index in [0.29, 0.717) is 25.6 Å². The molecule has 0 spiro atoms. The maximum atomic E-state index is 13.0. The second kappa shape index (κ2) is 9.48. The number of hydrogen-bond acceptors (Lipinski definition) is 4. The van der Waals surface area contributed by atoms with E-state index < -0.39 is 10.0 Å². The van der Waals surface area contributed by atoms with E-state index >= 15 is 0 Å². The zero-order valence-corrected chi connectivity index (χ0v) is 17.2. The Morgan fingerprint density at radius 1 is 1.30 bits per heavy atom. The van der Waals surface area contributed by atoms with E-state index in [1.165, 1.54) is 16.4 Å². The molecule has 1 N–H and O–H groups in total. The van der Waals surface area contributed by atoms with Crippen molar-refractivity contribution in [3.8, 4) is 0 Å².